The van der Waals surface area contributed by atoms with Crippen LogP contribution in [0.3, 0.4) is 0 Å². The molecule has 2 rings (SSSR count). The van der Waals surface area contributed by atoms with Crippen molar-refractivity contribution in [2.75, 3.05) is 0 Å². The van der Waals surface area contributed by atoms with Gasteiger partial charge in [0, 0.05) is 5.02 Å². The van der Waals surface area contributed by atoms with E-state index >= 15 is 0 Å². The molecule has 0 spiro atoms. The highest BCUT2D eigenvalue weighted by Gasteiger charge is 2.07. The predicted molar refractivity (Wildman–Crippen MR) is 63.8 cm³/mol. The number of carboxylic acid groups (broad SMARTS) is 1. The van der Waals surface area contributed by atoms with Gasteiger partial charge < -0.3 is 5.11 Å². The molecule has 0 fully saturated rings. The minimum atomic E-state index is -0.973. The number of rotatable bonds is 2. The maximum absolute atomic E-state index is 10.9. The second kappa shape index (κ2) is 4.37. The van der Waals surface area contributed by atoms with Gasteiger partial charge in [0.1, 0.15) is 0 Å². The number of carboxylic acids is 1. The average Bonchev–Trinajstić information content (AvgIpc) is 2.29. The summed E-state index contributed by atoms with van der Waals surface area (Å²) in [7, 11) is 0. The molecule has 2 aromatic carbocycles. The lowest BCUT2D eigenvalue weighted by atomic mass is 10.0. The van der Waals surface area contributed by atoms with Crippen molar-refractivity contribution in [2.24, 2.45) is 0 Å². The Balaban J connectivity index is 2.54. The topological polar surface area (TPSA) is 37.3 Å². The van der Waals surface area contributed by atoms with Crippen molar-refractivity contribution in [3.8, 4) is 11.1 Å². The Hall–Kier alpha value is -1.80. The Labute approximate surface area is 98.1 Å². The van der Waals surface area contributed by atoms with Crippen molar-refractivity contribution in [2.45, 2.75) is 0 Å². The van der Waals surface area contributed by atoms with E-state index in [0.29, 0.717) is 5.02 Å². The van der Waals surface area contributed by atoms with Gasteiger partial charge in [-0.05, 0) is 29.3 Å². The van der Waals surface area contributed by atoms with Gasteiger partial charge in [-0.1, -0.05) is 41.9 Å². The van der Waals surface area contributed by atoms with E-state index in [-0.39, 0.29) is 5.56 Å². The number of carbonyl (C=O) groups is 1. The summed E-state index contributed by atoms with van der Waals surface area (Å²) >= 11 is 5.88. The lowest BCUT2D eigenvalue weighted by Gasteiger charge is -2.04. The summed E-state index contributed by atoms with van der Waals surface area (Å²) in [6, 6.07) is 14.3. The molecule has 80 valence electrons. The van der Waals surface area contributed by atoms with Gasteiger partial charge in [-0.25, -0.2) is 4.79 Å². The molecule has 0 aliphatic carbocycles. The van der Waals surface area contributed by atoms with E-state index in [1.54, 1.807) is 12.1 Å². The predicted octanol–water partition coefficient (Wildman–Crippen LogP) is 3.71. The molecule has 0 saturated carbocycles. The van der Waals surface area contributed by atoms with E-state index in [4.69, 9.17) is 16.7 Å². The molecule has 0 unspecified atom stereocenters. The molecule has 0 aliphatic heterocycles. The van der Waals surface area contributed by atoms with Crippen molar-refractivity contribution < 1.29 is 9.90 Å². The minimum Gasteiger partial charge on any atom is -0.478 e. The fourth-order valence-corrected chi connectivity index (χ4v) is 1.75. The fourth-order valence-electron chi connectivity index (χ4n) is 1.51. The molecule has 0 radical (unpaired) electrons. The lowest BCUT2D eigenvalue weighted by Crippen LogP contribution is -1.96. The van der Waals surface area contributed by atoms with Crippen LogP contribution in [0.1, 0.15) is 10.4 Å². The van der Waals surface area contributed by atoms with Gasteiger partial charge in [0.25, 0.3) is 0 Å². The molecule has 1 N–H and O–H groups in total. The SMILES string of the molecule is O=C(O)c1cc(Cl)cc(-c2ccccc2)c1. The van der Waals surface area contributed by atoms with Gasteiger partial charge in [0.15, 0.2) is 0 Å². The van der Waals surface area contributed by atoms with Gasteiger partial charge in [-0.15, -0.1) is 0 Å². The van der Waals surface area contributed by atoms with E-state index in [1.807, 2.05) is 30.3 Å². The average molecular weight is 233 g/mol. The van der Waals surface area contributed by atoms with E-state index < -0.39 is 5.97 Å². The van der Waals surface area contributed by atoms with Crippen molar-refractivity contribution in [1.82, 2.24) is 0 Å². The molecule has 0 aromatic heterocycles. The summed E-state index contributed by atoms with van der Waals surface area (Å²) in [6.07, 6.45) is 0. The Morgan fingerprint density at radius 2 is 1.69 bits per heavy atom. The zero-order valence-electron chi connectivity index (χ0n) is 8.35. The molecule has 0 atom stereocenters. The van der Waals surface area contributed by atoms with E-state index in [9.17, 15) is 4.79 Å². The highest BCUT2D eigenvalue weighted by molar-refractivity contribution is 6.31. The van der Waals surface area contributed by atoms with Crippen LogP contribution >= 0.6 is 11.6 Å². The van der Waals surface area contributed by atoms with Crippen LogP contribution in [-0.2, 0) is 0 Å². The third-order valence-electron chi connectivity index (χ3n) is 2.25. The van der Waals surface area contributed by atoms with Crippen LogP contribution in [0.5, 0.6) is 0 Å². The van der Waals surface area contributed by atoms with Crippen LogP contribution in [0.15, 0.2) is 48.5 Å². The summed E-state index contributed by atoms with van der Waals surface area (Å²) in [6.45, 7) is 0. The lowest BCUT2D eigenvalue weighted by molar-refractivity contribution is 0.0697. The van der Waals surface area contributed by atoms with E-state index in [1.165, 1.54) is 6.07 Å². The number of aromatic carboxylic acids is 1. The zero-order valence-corrected chi connectivity index (χ0v) is 9.11. The summed E-state index contributed by atoms with van der Waals surface area (Å²) in [5.74, 6) is -0.973. The smallest absolute Gasteiger partial charge is 0.335 e. The Morgan fingerprint density at radius 1 is 1.00 bits per heavy atom. The van der Waals surface area contributed by atoms with Crippen molar-refractivity contribution in [3.05, 3.63) is 59.1 Å². The highest BCUT2D eigenvalue weighted by atomic mass is 35.5. The molecule has 0 bridgehead atoms. The first kappa shape index (κ1) is 10.7. The molecular weight excluding hydrogens is 224 g/mol. The summed E-state index contributed by atoms with van der Waals surface area (Å²) in [5.41, 5.74) is 1.96. The standard InChI is InChI=1S/C13H9ClO2/c14-12-7-10(6-11(8-12)13(15)16)9-4-2-1-3-5-9/h1-8H,(H,15,16). The normalized spacial score (nSPS) is 10.1. The number of hydrogen-bond acceptors (Lipinski definition) is 1. The minimum absolute atomic E-state index is 0.200. The van der Waals surface area contributed by atoms with Crippen molar-refractivity contribution >= 4 is 17.6 Å². The number of benzene rings is 2. The van der Waals surface area contributed by atoms with Gasteiger partial charge in [-0.3, -0.25) is 0 Å². The van der Waals surface area contributed by atoms with Gasteiger partial charge in [0.2, 0.25) is 0 Å². The van der Waals surface area contributed by atoms with Crippen LogP contribution in [0.4, 0.5) is 0 Å². The molecule has 0 saturated heterocycles. The second-order valence-corrected chi connectivity index (χ2v) is 3.84. The summed E-state index contributed by atoms with van der Waals surface area (Å²) < 4.78 is 0. The first-order valence-corrected chi connectivity index (χ1v) is 5.14. The fraction of sp³-hybridized carbons (Fsp3) is 0. The zero-order chi connectivity index (χ0) is 11.5. The summed E-state index contributed by atoms with van der Waals surface area (Å²) in [5, 5.41) is 9.35. The first-order chi connectivity index (χ1) is 7.66. The maximum atomic E-state index is 10.9. The van der Waals surface area contributed by atoms with Gasteiger partial charge >= 0.3 is 5.97 Å². The third-order valence-corrected chi connectivity index (χ3v) is 2.47. The number of hydrogen-bond donors (Lipinski definition) is 1. The van der Waals surface area contributed by atoms with Gasteiger partial charge in [-0.2, -0.15) is 0 Å². The van der Waals surface area contributed by atoms with Crippen LogP contribution in [0.2, 0.25) is 5.02 Å². The molecule has 0 aliphatic rings. The monoisotopic (exact) mass is 232 g/mol. The van der Waals surface area contributed by atoms with E-state index in [0.717, 1.165) is 11.1 Å². The highest BCUT2D eigenvalue weighted by Crippen LogP contribution is 2.24. The summed E-state index contributed by atoms with van der Waals surface area (Å²) in [4.78, 5) is 10.9. The Morgan fingerprint density at radius 3 is 2.31 bits per heavy atom. The van der Waals surface area contributed by atoms with Crippen LogP contribution in [-0.4, -0.2) is 11.1 Å². The van der Waals surface area contributed by atoms with Gasteiger partial charge in [0.05, 0.1) is 5.56 Å². The van der Waals surface area contributed by atoms with Crippen molar-refractivity contribution in [3.63, 3.8) is 0 Å². The Bertz CT molecular complexity index is 521. The van der Waals surface area contributed by atoms with Crippen LogP contribution in [0.25, 0.3) is 11.1 Å². The molecule has 16 heavy (non-hydrogen) atoms. The van der Waals surface area contributed by atoms with Crippen molar-refractivity contribution in [1.29, 1.82) is 0 Å². The largest absolute Gasteiger partial charge is 0.478 e. The number of halogens is 1. The molecule has 3 heteroatoms. The second-order valence-electron chi connectivity index (χ2n) is 3.40. The molecule has 2 aromatic rings. The molecule has 0 amide bonds. The maximum Gasteiger partial charge on any atom is 0.335 e. The molecule has 2 nitrogen and oxygen atoms in total. The first-order valence-electron chi connectivity index (χ1n) is 4.76. The van der Waals surface area contributed by atoms with E-state index in [2.05, 4.69) is 0 Å². The quantitative estimate of drug-likeness (QED) is 0.857. The van der Waals surface area contributed by atoms with Crippen LogP contribution in [0, 0.1) is 0 Å². The molecule has 0 heterocycles. The van der Waals surface area contributed by atoms with Crippen LogP contribution < -0.4 is 0 Å². The molecular formula is C13H9ClO2. The Kier molecular flexibility index (Phi) is 2.93. The third kappa shape index (κ3) is 2.23.